The van der Waals surface area contributed by atoms with Crippen LogP contribution < -0.4 is 5.32 Å². The topological polar surface area (TPSA) is 96.7 Å². The predicted octanol–water partition coefficient (Wildman–Crippen LogP) is 2.38. The summed E-state index contributed by atoms with van der Waals surface area (Å²) in [6.07, 6.45) is 2.99. The smallest absolute Gasteiger partial charge is 0.228 e. The zero-order chi connectivity index (χ0) is 16.5. The van der Waals surface area contributed by atoms with Crippen LogP contribution >= 0.6 is 11.6 Å². The standard InChI is InChI=1S/C16H16ClN5O2/c17-10-3-4-11-12(7-10)20-13(19-11)8-14(23)18-6-5-15-21-16(22-24-15)9-1-2-9/h3-4,7,9H,1-2,5-6,8H2,(H,18,23)(H,19,20). The van der Waals surface area contributed by atoms with Crippen molar-refractivity contribution < 1.29 is 9.32 Å². The number of benzene rings is 1. The van der Waals surface area contributed by atoms with Gasteiger partial charge in [0.15, 0.2) is 5.82 Å². The van der Waals surface area contributed by atoms with Crippen molar-refractivity contribution in [1.29, 1.82) is 0 Å². The van der Waals surface area contributed by atoms with Gasteiger partial charge in [0.25, 0.3) is 0 Å². The minimum Gasteiger partial charge on any atom is -0.355 e. The van der Waals surface area contributed by atoms with Gasteiger partial charge in [0.1, 0.15) is 5.82 Å². The Kier molecular flexibility index (Phi) is 3.93. The van der Waals surface area contributed by atoms with Crippen molar-refractivity contribution in [2.24, 2.45) is 0 Å². The number of carbonyl (C=O) groups excluding carboxylic acids is 1. The number of hydrogen-bond acceptors (Lipinski definition) is 5. The number of carbonyl (C=O) groups is 1. The normalized spacial score (nSPS) is 14.2. The Hall–Kier alpha value is -2.41. The van der Waals surface area contributed by atoms with E-state index in [-0.39, 0.29) is 12.3 Å². The van der Waals surface area contributed by atoms with Crippen molar-refractivity contribution in [2.45, 2.75) is 31.6 Å². The summed E-state index contributed by atoms with van der Waals surface area (Å²) < 4.78 is 5.17. The minimum absolute atomic E-state index is 0.109. The first kappa shape index (κ1) is 15.1. The highest BCUT2D eigenvalue weighted by molar-refractivity contribution is 6.31. The fourth-order valence-electron chi connectivity index (χ4n) is 2.52. The van der Waals surface area contributed by atoms with Crippen molar-refractivity contribution in [3.63, 3.8) is 0 Å². The van der Waals surface area contributed by atoms with Crippen LogP contribution in [0.1, 0.15) is 36.3 Å². The molecule has 1 aliphatic rings. The van der Waals surface area contributed by atoms with Crippen molar-refractivity contribution in [1.82, 2.24) is 25.4 Å². The molecule has 1 fully saturated rings. The van der Waals surface area contributed by atoms with Crippen LogP contribution in [0.4, 0.5) is 0 Å². The zero-order valence-electron chi connectivity index (χ0n) is 12.9. The first-order valence-corrected chi connectivity index (χ1v) is 8.28. The first-order valence-electron chi connectivity index (χ1n) is 7.91. The van der Waals surface area contributed by atoms with E-state index >= 15 is 0 Å². The van der Waals surface area contributed by atoms with Crippen LogP contribution in [0.15, 0.2) is 22.7 Å². The molecule has 1 amide bonds. The van der Waals surface area contributed by atoms with Gasteiger partial charge in [0.05, 0.1) is 17.5 Å². The van der Waals surface area contributed by atoms with Gasteiger partial charge in [-0.25, -0.2) is 4.98 Å². The van der Waals surface area contributed by atoms with E-state index in [9.17, 15) is 4.79 Å². The van der Waals surface area contributed by atoms with Gasteiger partial charge >= 0.3 is 0 Å². The molecule has 7 nitrogen and oxygen atoms in total. The number of rotatable bonds is 6. The number of nitrogens with zero attached hydrogens (tertiary/aromatic N) is 3. The van der Waals surface area contributed by atoms with Gasteiger partial charge in [-0.05, 0) is 31.0 Å². The van der Waals surface area contributed by atoms with Gasteiger partial charge in [-0.2, -0.15) is 4.98 Å². The summed E-state index contributed by atoms with van der Waals surface area (Å²) in [6, 6.07) is 5.38. The van der Waals surface area contributed by atoms with E-state index < -0.39 is 0 Å². The maximum atomic E-state index is 12.0. The van der Waals surface area contributed by atoms with E-state index in [1.54, 1.807) is 12.1 Å². The predicted molar refractivity (Wildman–Crippen MR) is 87.8 cm³/mol. The highest BCUT2D eigenvalue weighted by Crippen LogP contribution is 2.38. The molecule has 24 heavy (non-hydrogen) atoms. The summed E-state index contributed by atoms with van der Waals surface area (Å²) in [5.74, 6) is 2.33. The van der Waals surface area contributed by atoms with Gasteiger partial charge in [-0.3, -0.25) is 4.79 Å². The summed E-state index contributed by atoms with van der Waals surface area (Å²) in [7, 11) is 0. The maximum absolute atomic E-state index is 12.0. The Balaban J connectivity index is 1.28. The van der Waals surface area contributed by atoms with E-state index in [4.69, 9.17) is 16.1 Å². The maximum Gasteiger partial charge on any atom is 0.228 e. The number of fused-ring (bicyclic) bond motifs is 1. The third-order valence-electron chi connectivity index (χ3n) is 3.91. The van der Waals surface area contributed by atoms with Gasteiger partial charge < -0.3 is 14.8 Å². The molecule has 2 N–H and O–H groups in total. The fourth-order valence-corrected chi connectivity index (χ4v) is 2.69. The van der Waals surface area contributed by atoms with Gasteiger partial charge in [-0.15, -0.1) is 0 Å². The lowest BCUT2D eigenvalue weighted by Crippen LogP contribution is -2.27. The molecule has 8 heteroatoms. The second kappa shape index (κ2) is 6.24. The molecule has 0 spiro atoms. The zero-order valence-corrected chi connectivity index (χ0v) is 13.6. The average Bonchev–Trinajstić information content (AvgIpc) is 3.16. The molecule has 1 aliphatic carbocycles. The third kappa shape index (κ3) is 3.41. The molecule has 0 atom stereocenters. The number of aromatic nitrogens is 4. The van der Waals surface area contributed by atoms with E-state index in [2.05, 4.69) is 25.4 Å². The monoisotopic (exact) mass is 345 g/mol. The summed E-state index contributed by atoms with van der Waals surface area (Å²) in [6.45, 7) is 0.456. The molecule has 2 aromatic heterocycles. The fraction of sp³-hybridized carbons (Fsp3) is 0.375. The lowest BCUT2D eigenvalue weighted by Gasteiger charge is -2.01. The molecule has 2 heterocycles. The molecule has 1 aromatic carbocycles. The van der Waals surface area contributed by atoms with E-state index in [0.717, 1.165) is 29.7 Å². The van der Waals surface area contributed by atoms with Crippen LogP contribution in [-0.2, 0) is 17.6 Å². The quantitative estimate of drug-likeness (QED) is 0.715. The van der Waals surface area contributed by atoms with Crippen molar-refractivity contribution in [3.05, 3.63) is 40.8 Å². The SMILES string of the molecule is O=C(Cc1nc2ccc(Cl)cc2[nH]1)NCCc1nc(C2CC2)no1. The van der Waals surface area contributed by atoms with Crippen LogP contribution in [0.3, 0.4) is 0 Å². The van der Waals surface area contributed by atoms with Gasteiger partial charge in [0, 0.05) is 23.9 Å². The number of aromatic amines is 1. The van der Waals surface area contributed by atoms with Gasteiger partial charge in [-0.1, -0.05) is 16.8 Å². The Morgan fingerprint density at radius 1 is 1.38 bits per heavy atom. The number of halogens is 1. The molecule has 0 radical (unpaired) electrons. The number of hydrogen-bond donors (Lipinski definition) is 2. The van der Waals surface area contributed by atoms with Crippen LogP contribution in [0.25, 0.3) is 11.0 Å². The highest BCUT2D eigenvalue weighted by atomic mass is 35.5. The minimum atomic E-state index is -0.109. The van der Waals surface area contributed by atoms with Crippen LogP contribution in [0.5, 0.6) is 0 Å². The van der Waals surface area contributed by atoms with Crippen LogP contribution in [0.2, 0.25) is 5.02 Å². The summed E-state index contributed by atoms with van der Waals surface area (Å²) in [4.78, 5) is 23.8. The Labute approximate surface area is 142 Å². The molecule has 0 saturated heterocycles. The Morgan fingerprint density at radius 3 is 3.08 bits per heavy atom. The van der Waals surface area contributed by atoms with Gasteiger partial charge in [0.2, 0.25) is 11.8 Å². The second-order valence-electron chi connectivity index (χ2n) is 5.94. The number of nitrogens with one attached hydrogen (secondary N) is 2. The highest BCUT2D eigenvalue weighted by Gasteiger charge is 2.28. The summed E-state index contributed by atoms with van der Waals surface area (Å²) in [5.41, 5.74) is 1.62. The van der Waals surface area contributed by atoms with Crippen LogP contribution in [0, 0.1) is 0 Å². The largest absolute Gasteiger partial charge is 0.355 e. The first-order chi connectivity index (χ1) is 11.7. The molecule has 0 unspecified atom stereocenters. The van der Waals surface area contributed by atoms with E-state index in [1.165, 1.54) is 0 Å². The molecule has 4 rings (SSSR count). The molecule has 1 saturated carbocycles. The second-order valence-corrected chi connectivity index (χ2v) is 6.38. The molecule has 0 aliphatic heterocycles. The molecule has 124 valence electrons. The number of H-pyrrole nitrogens is 1. The average molecular weight is 346 g/mol. The molecule has 0 bridgehead atoms. The van der Waals surface area contributed by atoms with Crippen molar-refractivity contribution in [3.8, 4) is 0 Å². The van der Waals surface area contributed by atoms with E-state index in [1.807, 2.05) is 6.07 Å². The number of imidazole rings is 1. The molecular weight excluding hydrogens is 330 g/mol. The summed E-state index contributed by atoms with van der Waals surface area (Å²) >= 11 is 5.94. The van der Waals surface area contributed by atoms with E-state index in [0.29, 0.717) is 35.6 Å². The van der Waals surface area contributed by atoms with Crippen LogP contribution in [-0.4, -0.2) is 32.6 Å². The lowest BCUT2D eigenvalue weighted by atomic mass is 10.3. The van der Waals surface area contributed by atoms with Crippen molar-refractivity contribution in [2.75, 3.05) is 6.54 Å². The molecular formula is C16H16ClN5O2. The number of amides is 1. The Morgan fingerprint density at radius 2 is 2.25 bits per heavy atom. The van der Waals surface area contributed by atoms with Crippen molar-refractivity contribution >= 4 is 28.5 Å². The summed E-state index contributed by atoms with van der Waals surface area (Å²) in [5, 5.41) is 7.42. The Bertz CT molecular complexity index is 884. The third-order valence-corrected chi connectivity index (χ3v) is 4.14. The lowest BCUT2D eigenvalue weighted by molar-refractivity contribution is -0.120. The molecule has 3 aromatic rings.